The van der Waals surface area contributed by atoms with Crippen LogP contribution >= 0.6 is 11.6 Å². The SMILES string of the molecule is CCCc1ccc(S(=O)(=O)Nc2cccc(Cl)c2O)cc1. The zero-order chi connectivity index (χ0) is 15.5. The molecular weight excluding hydrogens is 310 g/mol. The van der Waals surface area contributed by atoms with Crippen LogP contribution in [0.2, 0.25) is 5.02 Å². The molecule has 0 bridgehead atoms. The number of nitrogens with one attached hydrogen (secondary N) is 1. The molecule has 112 valence electrons. The summed E-state index contributed by atoms with van der Waals surface area (Å²) in [4.78, 5) is 0.140. The Morgan fingerprint density at radius 1 is 1.14 bits per heavy atom. The molecular formula is C15H16ClNO3S. The number of para-hydroxylation sites is 1. The molecule has 0 atom stereocenters. The summed E-state index contributed by atoms with van der Waals surface area (Å²) in [6.45, 7) is 2.06. The number of aromatic hydroxyl groups is 1. The number of halogens is 1. The van der Waals surface area contributed by atoms with E-state index >= 15 is 0 Å². The van der Waals surface area contributed by atoms with Crippen molar-refractivity contribution in [2.24, 2.45) is 0 Å². The van der Waals surface area contributed by atoms with Crippen LogP contribution in [0.5, 0.6) is 5.75 Å². The highest BCUT2D eigenvalue weighted by molar-refractivity contribution is 7.92. The minimum Gasteiger partial charge on any atom is -0.504 e. The Morgan fingerprint density at radius 3 is 2.43 bits per heavy atom. The molecule has 0 radical (unpaired) electrons. The number of anilines is 1. The third-order valence-corrected chi connectivity index (χ3v) is 4.69. The Hall–Kier alpha value is -1.72. The summed E-state index contributed by atoms with van der Waals surface area (Å²) in [7, 11) is -3.75. The maximum absolute atomic E-state index is 12.3. The second-order valence-corrected chi connectivity index (χ2v) is 6.73. The van der Waals surface area contributed by atoms with Crippen molar-refractivity contribution in [1.29, 1.82) is 0 Å². The van der Waals surface area contributed by atoms with Gasteiger partial charge in [-0.15, -0.1) is 0 Å². The largest absolute Gasteiger partial charge is 0.504 e. The average Bonchev–Trinajstić information content (AvgIpc) is 2.45. The molecule has 0 aliphatic heterocycles. The van der Waals surface area contributed by atoms with Crippen molar-refractivity contribution in [3.8, 4) is 5.75 Å². The van der Waals surface area contributed by atoms with Gasteiger partial charge in [-0.3, -0.25) is 4.72 Å². The number of rotatable bonds is 5. The lowest BCUT2D eigenvalue weighted by Gasteiger charge is -2.10. The maximum atomic E-state index is 12.3. The minimum atomic E-state index is -3.75. The first-order chi connectivity index (χ1) is 9.94. The van der Waals surface area contributed by atoms with Gasteiger partial charge in [-0.1, -0.05) is 43.1 Å². The lowest BCUT2D eigenvalue weighted by molar-refractivity contribution is 0.478. The van der Waals surface area contributed by atoms with Gasteiger partial charge in [0.05, 0.1) is 15.6 Å². The molecule has 2 N–H and O–H groups in total. The molecule has 2 rings (SSSR count). The Bertz CT molecular complexity index is 727. The van der Waals surface area contributed by atoms with Crippen LogP contribution in [0.15, 0.2) is 47.4 Å². The molecule has 0 aromatic heterocycles. The summed E-state index contributed by atoms with van der Waals surface area (Å²) in [5.41, 5.74) is 1.14. The summed E-state index contributed by atoms with van der Waals surface area (Å²) in [5.74, 6) is -0.287. The van der Waals surface area contributed by atoms with Gasteiger partial charge in [0.1, 0.15) is 0 Å². The lowest BCUT2D eigenvalue weighted by atomic mass is 10.1. The lowest BCUT2D eigenvalue weighted by Crippen LogP contribution is -2.13. The van der Waals surface area contributed by atoms with E-state index in [-0.39, 0.29) is 21.4 Å². The maximum Gasteiger partial charge on any atom is 0.262 e. The van der Waals surface area contributed by atoms with Crippen molar-refractivity contribution in [3.05, 3.63) is 53.1 Å². The number of benzene rings is 2. The first-order valence-corrected chi connectivity index (χ1v) is 8.39. The van der Waals surface area contributed by atoms with Crippen molar-refractivity contribution in [3.63, 3.8) is 0 Å². The fourth-order valence-corrected chi connectivity index (χ4v) is 3.17. The second-order valence-electron chi connectivity index (χ2n) is 4.64. The fourth-order valence-electron chi connectivity index (χ4n) is 1.93. The van der Waals surface area contributed by atoms with Gasteiger partial charge in [0.2, 0.25) is 0 Å². The standard InChI is InChI=1S/C15H16ClNO3S/c1-2-4-11-7-9-12(10-8-11)21(19,20)17-14-6-3-5-13(16)15(14)18/h3,5-10,17-18H,2,4H2,1H3. The molecule has 0 unspecified atom stereocenters. The topological polar surface area (TPSA) is 66.4 Å². The van der Waals surface area contributed by atoms with Gasteiger partial charge >= 0.3 is 0 Å². The monoisotopic (exact) mass is 325 g/mol. The van der Waals surface area contributed by atoms with Crippen molar-refractivity contribution in [2.75, 3.05) is 4.72 Å². The highest BCUT2D eigenvalue weighted by Crippen LogP contribution is 2.32. The van der Waals surface area contributed by atoms with Crippen LogP contribution in [-0.2, 0) is 16.4 Å². The molecule has 0 amide bonds. The third kappa shape index (κ3) is 3.68. The van der Waals surface area contributed by atoms with Crippen LogP contribution in [0.3, 0.4) is 0 Å². The van der Waals surface area contributed by atoms with Gasteiger partial charge < -0.3 is 5.11 Å². The number of aryl methyl sites for hydroxylation is 1. The van der Waals surface area contributed by atoms with E-state index in [9.17, 15) is 13.5 Å². The fraction of sp³-hybridized carbons (Fsp3) is 0.200. The molecule has 4 nitrogen and oxygen atoms in total. The number of hydrogen-bond donors (Lipinski definition) is 2. The molecule has 0 aliphatic rings. The van der Waals surface area contributed by atoms with E-state index in [0.29, 0.717) is 0 Å². The molecule has 0 heterocycles. The molecule has 21 heavy (non-hydrogen) atoms. The van der Waals surface area contributed by atoms with E-state index in [1.165, 1.54) is 12.1 Å². The predicted molar refractivity (Wildman–Crippen MR) is 84.4 cm³/mol. The number of phenolic OH excluding ortho intramolecular Hbond substituents is 1. The van der Waals surface area contributed by atoms with Crippen LogP contribution in [-0.4, -0.2) is 13.5 Å². The van der Waals surface area contributed by atoms with E-state index < -0.39 is 10.0 Å². The Morgan fingerprint density at radius 2 is 1.81 bits per heavy atom. The summed E-state index contributed by atoms with van der Waals surface area (Å²) < 4.78 is 26.9. The van der Waals surface area contributed by atoms with E-state index in [4.69, 9.17) is 11.6 Å². The van der Waals surface area contributed by atoms with Crippen LogP contribution in [0.25, 0.3) is 0 Å². The highest BCUT2D eigenvalue weighted by Gasteiger charge is 2.16. The number of sulfonamides is 1. The smallest absolute Gasteiger partial charge is 0.262 e. The second kappa shape index (κ2) is 6.37. The Labute approximate surface area is 129 Å². The Balaban J connectivity index is 2.27. The van der Waals surface area contributed by atoms with Gasteiger partial charge in [-0.05, 0) is 36.2 Å². The van der Waals surface area contributed by atoms with Gasteiger partial charge in [0.15, 0.2) is 5.75 Å². The molecule has 2 aromatic carbocycles. The number of hydrogen-bond acceptors (Lipinski definition) is 3. The summed E-state index contributed by atoms with van der Waals surface area (Å²) >= 11 is 5.76. The molecule has 0 saturated carbocycles. The van der Waals surface area contributed by atoms with Crippen molar-refractivity contribution in [2.45, 2.75) is 24.7 Å². The molecule has 0 saturated heterocycles. The van der Waals surface area contributed by atoms with Gasteiger partial charge in [0.25, 0.3) is 10.0 Å². The van der Waals surface area contributed by atoms with E-state index in [0.717, 1.165) is 18.4 Å². The molecule has 6 heteroatoms. The zero-order valence-corrected chi connectivity index (χ0v) is 13.1. The molecule has 2 aromatic rings. The normalized spacial score (nSPS) is 11.3. The Kier molecular flexibility index (Phi) is 4.75. The summed E-state index contributed by atoms with van der Waals surface area (Å²) in [6, 6.07) is 11.2. The average molecular weight is 326 g/mol. The van der Waals surface area contributed by atoms with Crippen molar-refractivity contribution < 1.29 is 13.5 Å². The molecule has 0 fully saturated rings. The molecule has 0 spiro atoms. The first kappa shape index (κ1) is 15.7. The van der Waals surface area contributed by atoms with Gasteiger partial charge in [-0.25, -0.2) is 8.42 Å². The van der Waals surface area contributed by atoms with E-state index in [1.807, 2.05) is 0 Å². The van der Waals surface area contributed by atoms with Gasteiger partial charge in [0, 0.05) is 0 Å². The predicted octanol–water partition coefficient (Wildman–Crippen LogP) is 3.80. The quantitative estimate of drug-likeness (QED) is 0.822. The zero-order valence-electron chi connectivity index (χ0n) is 11.5. The highest BCUT2D eigenvalue weighted by atomic mass is 35.5. The van der Waals surface area contributed by atoms with Crippen LogP contribution < -0.4 is 4.72 Å². The van der Waals surface area contributed by atoms with Crippen molar-refractivity contribution >= 4 is 27.3 Å². The van der Waals surface area contributed by atoms with Gasteiger partial charge in [-0.2, -0.15) is 0 Å². The number of phenols is 1. The summed E-state index contributed by atoms with van der Waals surface area (Å²) in [6.07, 6.45) is 1.91. The van der Waals surface area contributed by atoms with Crippen LogP contribution in [0, 0.1) is 0 Å². The van der Waals surface area contributed by atoms with E-state index in [1.54, 1.807) is 30.3 Å². The summed E-state index contributed by atoms with van der Waals surface area (Å²) in [5, 5.41) is 9.85. The van der Waals surface area contributed by atoms with Crippen LogP contribution in [0.1, 0.15) is 18.9 Å². The van der Waals surface area contributed by atoms with Crippen LogP contribution in [0.4, 0.5) is 5.69 Å². The minimum absolute atomic E-state index is 0.0557. The third-order valence-electron chi connectivity index (χ3n) is 3.00. The first-order valence-electron chi connectivity index (χ1n) is 6.53. The van der Waals surface area contributed by atoms with E-state index in [2.05, 4.69) is 11.6 Å². The molecule has 0 aliphatic carbocycles. The van der Waals surface area contributed by atoms with Crippen molar-refractivity contribution in [1.82, 2.24) is 0 Å².